The molecule has 1 nitrogen and oxygen atoms in total. The van der Waals surface area contributed by atoms with Crippen LogP contribution in [0.2, 0.25) is 0 Å². The third-order valence-corrected chi connectivity index (χ3v) is 4.51. The van der Waals surface area contributed by atoms with Crippen molar-refractivity contribution in [1.29, 1.82) is 0 Å². The van der Waals surface area contributed by atoms with Gasteiger partial charge in [-0.15, -0.1) is 0 Å². The second kappa shape index (κ2) is 8.26. The molecule has 30 heavy (non-hydrogen) atoms. The van der Waals surface area contributed by atoms with E-state index in [1.165, 1.54) is 36.4 Å². The van der Waals surface area contributed by atoms with Crippen molar-refractivity contribution < 1.29 is 31.1 Å². The zero-order valence-electron chi connectivity index (χ0n) is 15.8. The van der Waals surface area contributed by atoms with Crippen LogP contribution in [0.1, 0.15) is 12.5 Å². The first kappa shape index (κ1) is 21.5. The van der Waals surface area contributed by atoms with Gasteiger partial charge >= 0.3 is 6.18 Å². The van der Waals surface area contributed by atoms with E-state index in [-0.39, 0.29) is 40.2 Å². The lowest BCUT2D eigenvalue weighted by Gasteiger charge is -2.12. The summed E-state index contributed by atoms with van der Waals surface area (Å²) in [6, 6.07) is 11.1. The minimum absolute atomic E-state index is 0.000662. The van der Waals surface area contributed by atoms with Crippen LogP contribution in [0.3, 0.4) is 0 Å². The van der Waals surface area contributed by atoms with Gasteiger partial charge in [-0.2, -0.15) is 13.2 Å². The molecular formula is C23H16F6O. The molecule has 3 aromatic rings. The van der Waals surface area contributed by atoms with E-state index in [2.05, 4.69) is 6.58 Å². The van der Waals surface area contributed by atoms with Gasteiger partial charge in [0.15, 0.2) is 23.2 Å². The van der Waals surface area contributed by atoms with Crippen molar-refractivity contribution >= 4 is 5.57 Å². The summed E-state index contributed by atoms with van der Waals surface area (Å²) in [7, 11) is 0. The van der Waals surface area contributed by atoms with Gasteiger partial charge in [-0.3, -0.25) is 0 Å². The lowest BCUT2D eigenvalue weighted by molar-refractivity contribution is -0.0686. The molecule has 3 rings (SSSR count). The van der Waals surface area contributed by atoms with Crippen molar-refractivity contribution in [1.82, 2.24) is 0 Å². The SMILES string of the molecule is C=C(c1ccc(-c2ccc(-c3ccc(OCC)c(F)c3)c(F)c2F)cc1)C(F)(F)F. The van der Waals surface area contributed by atoms with E-state index in [0.717, 1.165) is 18.2 Å². The molecule has 0 heterocycles. The Morgan fingerprint density at radius 2 is 1.37 bits per heavy atom. The smallest absolute Gasteiger partial charge is 0.416 e. The molecule has 0 aliphatic rings. The zero-order chi connectivity index (χ0) is 22.1. The summed E-state index contributed by atoms with van der Waals surface area (Å²) in [5, 5.41) is 0. The molecule has 0 aliphatic carbocycles. The molecule has 0 aliphatic heterocycles. The molecule has 0 amide bonds. The molecule has 0 saturated carbocycles. The summed E-state index contributed by atoms with van der Waals surface area (Å²) in [5.74, 6) is -3.10. The van der Waals surface area contributed by atoms with E-state index in [4.69, 9.17) is 4.74 Å². The van der Waals surface area contributed by atoms with Gasteiger partial charge < -0.3 is 4.74 Å². The molecule has 0 bridgehead atoms. The maximum absolute atomic E-state index is 14.7. The lowest BCUT2D eigenvalue weighted by Crippen LogP contribution is -2.09. The van der Waals surface area contributed by atoms with E-state index in [9.17, 15) is 26.3 Å². The second-order valence-corrected chi connectivity index (χ2v) is 6.42. The fourth-order valence-electron chi connectivity index (χ4n) is 2.95. The van der Waals surface area contributed by atoms with Crippen LogP contribution in [0.25, 0.3) is 27.8 Å². The number of hydrogen-bond acceptors (Lipinski definition) is 1. The van der Waals surface area contributed by atoms with Crippen LogP contribution in [0.4, 0.5) is 26.3 Å². The molecule has 0 spiro atoms. The Bertz CT molecular complexity index is 1080. The van der Waals surface area contributed by atoms with Crippen LogP contribution in [-0.2, 0) is 0 Å². The summed E-state index contributed by atoms with van der Waals surface area (Å²) in [6.45, 7) is 4.94. The number of benzene rings is 3. The molecular weight excluding hydrogens is 406 g/mol. The Labute approximate surface area is 169 Å². The third kappa shape index (κ3) is 4.20. The van der Waals surface area contributed by atoms with Crippen LogP contribution in [0.15, 0.2) is 61.2 Å². The van der Waals surface area contributed by atoms with Gasteiger partial charge in [-0.1, -0.05) is 49.0 Å². The first-order valence-corrected chi connectivity index (χ1v) is 8.91. The molecule has 0 fully saturated rings. The second-order valence-electron chi connectivity index (χ2n) is 6.42. The first-order chi connectivity index (χ1) is 14.1. The van der Waals surface area contributed by atoms with E-state index < -0.39 is 29.2 Å². The van der Waals surface area contributed by atoms with Gasteiger partial charge in [0.1, 0.15) is 0 Å². The summed E-state index contributed by atoms with van der Waals surface area (Å²) >= 11 is 0. The minimum atomic E-state index is -4.59. The maximum atomic E-state index is 14.7. The molecule has 156 valence electrons. The average Bonchev–Trinajstić information content (AvgIpc) is 2.71. The third-order valence-electron chi connectivity index (χ3n) is 4.51. The van der Waals surface area contributed by atoms with E-state index in [1.807, 2.05) is 0 Å². The van der Waals surface area contributed by atoms with Gasteiger partial charge in [0, 0.05) is 11.1 Å². The summed E-state index contributed by atoms with van der Waals surface area (Å²) in [4.78, 5) is 0. The fraction of sp³-hybridized carbons (Fsp3) is 0.130. The van der Waals surface area contributed by atoms with E-state index in [0.29, 0.717) is 0 Å². The van der Waals surface area contributed by atoms with Gasteiger partial charge in [0.05, 0.1) is 12.2 Å². The predicted molar refractivity (Wildman–Crippen MR) is 103 cm³/mol. The number of allylic oxidation sites excluding steroid dienone is 1. The van der Waals surface area contributed by atoms with E-state index in [1.54, 1.807) is 6.92 Å². The van der Waals surface area contributed by atoms with Crippen molar-refractivity contribution in [2.45, 2.75) is 13.1 Å². The highest BCUT2D eigenvalue weighted by Gasteiger charge is 2.32. The highest BCUT2D eigenvalue weighted by Crippen LogP contribution is 2.35. The largest absolute Gasteiger partial charge is 0.491 e. The van der Waals surface area contributed by atoms with Gasteiger partial charge in [-0.05, 0) is 35.7 Å². The molecule has 0 atom stereocenters. The number of rotatable bonds is 5. The Kier molecular flexibility index (Phi) is 5.92. The summed E-state index contributed by atoms with van der Waals surface area (Å²) in [6.07, 6.45) is -4.59. The molecule has 0 N–H and O–H groups in total. The Hall–Kier alpha value is -3.22. The highest BCUT2D eigenvalue weighted by molar-refractivity contribution is 5.74. The quantitative estimate of drug-likeness (QED) is 0.389. The topological polar surface area (TPSA) is 9.23 Å². The Morgan fingerprint density at radius 1 is 0.833 bits per heavy atom. The van der Waals surface area contributed by atoms with Crippen LogP contribution in [0, 0.1) is 17.5 Å². The molecule has 3 aromatic carbocycles. The number of ether oxygens (including phenoxy) is 1. The Balaban J connectivity index is 1.96. The minimum Gasteiger partial charge on any atom is -0.491 e. The number of hydrogen-bond donors (Lipinski definition) is 0. The molecule has 0 saturated heterocycles. The standard InChI is InChI=1S/C23H16F6O/c1-3-30-20-11-8-16(12-19(20)24)18-10-9-17(21(25)22(18)26)15-6-4-14(5-7-15)13(2)23(27,28)29/h4-12H,2-3H2,1H3. The highest BCUT2D eigenvalue weighted by atomic mass is 19.4. The van der Waals surface area contributed by atoms with Crippen LogP contribution < -0.4 is 4.74 Å². The molecule has 0 aromatic heterocycles. The maximum Gasteiger partial charge on any atom is 0.416 e. The van der Waals surface area contributed by atoms with Crippen LogP contribution in [0.5, 0.6) is 5.75 Å². The van der Waals surface area contributed by atoms with Crippen molar-refractivity contribution in [3.05, 3.63) is 84.2 Å². The molecule has 0 radical (unpaired) electrons. The summed E-state index contributed by atoms with van der Waals surface area (Å²) in [5.41, 5.74) is -1.18. The monoisotopic (exact) mass is 422 g/mol. The summed E-state index contributed by atoms with van der Waals surface area (Å²) < 4.78 is 86.7. The molecule has 0 unspecified atom stereocenters. The zero-order valence-corrected chi connectivity index (χ0v) is 15.8. The van der Waals surface area contributed by atoms with E-state index >= 15 is 0 Å². The Morgan fingerprint density at radius 3 is 1.87 bits per heavy atom. The average molecular weight is 422 g/mol. The van der Waals surface area contributed by atoms with Gasteiger partial charge in [-0.25, -0.2) is 13.2 Å². The van der Waals surface area contributed by atoms with Crippen LogP contribution >= 0.6 is 0 Å². The van der Waals surface area contributed by atoms with Crippen molar-refractivity contribution in [3.63, 3.8) is 0 Å². The fourth-order valence-corrected chi connectivity index (χ4v) is 2.95. The van der Waals surface area contributed by atoms with Crippen molar-refractivity contribution in [2.75, 3.05) is 6.61 Å². The number of halogens is 6. The molecule has 7 heteroatoms. The van der Waals surface area contributed by atoms with Gasteiger partial charge in [0.2, 0.25) is 0 Å². The van der Waals surface area contributed by atoms with Gasteiger partial charge in [0.25, 0.3) is 0 Å². The van der Waals surface area contributed by atoms with Crippen molar-refractivity contribution in [3.8, 4) is 28.0 Å². The first-order valence-electron chi connectivity index (χ1n) is 8.91. The number of alkyl halides is 3. The van der Waals surface area contributed by atoms with Crippen molar-refractivity contribution in [2.24, 2.45) is 0 Å². The lowest BCUT2D eigenvalue weighted by atomic mass is 9.97. The van der Waals surface area contributed by atoms with Crippen LogP contribution in [-0.4, -0.2) is 12.8 Å². The predicted octanol–water partition coefficient (Wildman–Crippen LogP) is 7.41. The normalized spacial score (nSPS) is 11.4.